The van der Waals surface area contributed by atoms with E-state index >= 15 is 0 Å². The van der Waals surface area contributed by atoms with Gasteiger partial charge in [0, 0.05) is 19.1 Å². The van der Waals surface area contributed by atoms with E-state index in [0.29, 0.717) is 6.54 Å². The van der Waals surface area contributed by atoms with Crippen molar-refractivity contribution in [1.29, 1.82) is 0 Å². The van der Waals surface area contributed by atoms with Gasteiger partial charge in [0.05, 0.1) is 0 Å². The monoisotopic (exact) mass is 229 g/mol. The molecule has 2 N–H and O–H groups in total. The van der Waals surface area contributed by atoms with Crippen LogP contribution in [0.3, 0.4) is 0 Å². The topological polar surface area (TPSA) is 72.9 Å². The van der Waals surface area contributed by atoms with Gasteiger partial charge in [-0.2, -0.15) is 0 Å². The van der Waals surface area contributed by atoms with E-state index in [1.165, 1.54) is 4.90 Å². The lowest BCUT2D eigenvalue weighted by Gasteiger charge is -2.22. The smallest absolute Gasteiger partial charge is 0.323 e. The third kappa shape index (κ3) is 3.69. The maximum Gasteiger partial charge on any atom is 0.323 e. The van der Waals surface area contributed by atoms with Gasteiger partial charge in [0.25, 0.3) is 0 Å². The molecule has 0 radical (unpaired) electrons. The molecule has 0 spiro atoms. The zero-order valence-corrected chi connectivity index (χ0v) is 9.77. The number of carboxylic acid groups (broad SMARTS) is 1. The molecule has 6 nitrogen and oxygen atoms in total. The highest BCUT2D eigenvalue weighted by atomic mass is 16.4. The van der Waals surface area contributed by atoms with Crippen LogP contribution in [0.5, 0.6) is 0 Å². The van der Waals surface area contributed by atoms with Crippen molar-refractivity contribution >= 4 is 12.0 Å². The van der Waals surface area contributed by atoms with Gasteiger partial charge < -0.3 is 20.2 Å². The van der Waals surface area contributed by atoms with E-state index in [2.05, 4.69) is 10.2 Å². The van der Waals surface area contributed by atoms with Gasteiger partial charge in [0.2, 0.25) is 0 Å². The molecule has 0 bridgehead atoms. The number of carbonyl (C=O) groups is 2. The molecule has 1 rings (SSSR count). The summed E-state index contributed by atoms with van der Waals surface area (Å²) in [4.78, 5) is 25.7. The number of carbonyl (C=O) groups excluding carboxylic acids is 1. The van der Waals surface area contributed by atoms with Gasteiger partial charge in [-0.25, -0.2) is 4.79 Å². The maximum absolute atomic E-state index is 11.7. The Morgan fingerprint density at radius 3 is 2.69 bits per heavy atom. The lowest BCUT2D eigenvalue weighted by Crippen LogP contribution is -2.47. The first-order chi connectivity index (χ1) is 7.52. The Morgan fingerprint density at radius 1 is 1.56 bits per heavy atom. The summed E-state index contributed by atoms with van der Waals surface area (Å²) in [5.74, 6) is -0.986. The minimum Gasteiger partial charge on any atom is -0.480 e. The fourth-order valence-electron chi connectivity index (χ4n) is 1.81. The molecule has 1 aliphatic rings. The normalized spacial score (nSPS) is 20.8. The second kappa shape index (κ2) is 5.69. The molecule has 1 fully saturated rings. The minimum atomic E-state index is -0.986. The Labute approximate surface area is 95.2 Å². The van der Waals surface area contributed by atoms with E-state index in [1.807, 2.05) is 7.05 Å². The van der Waals surface area contributed by atoms with Crippen LogP contribution in [0.15, 0.2) is 0 Å². The average Bonchev–Trinajstić information content (AvgIpc) is 2.60. The quantitative estimate of drug-likeness (QED) is 0.700. The van der Waals surface area contributed by atoms with Crippen LogP contribution in [0.25, 0.3) is 0 Å². The van der Waals surface area contributed by atoms with Gasteiger partial charge in [-0.3, -0.25) is 4.79 Å². The molecule has 92 valence electrons. The maximum atomic E-state index is 11.7. The van der Waals surface area contributed by atoms with E-state index < -0.39 is 5.97 Å². The molecule has 16 heavy (non-hydrogen) atoms. The lowest BCUT2D eigenvalue weighted by atomic mass is 10.3. The van der Waals surface area contributed by atoms with Gasteiger partial charge in [-0.05, 0) is 26.9 Å². The van der Waals surface area contributed by atoms with Crippen LogP contribution in [-0.2, 0) is 4.79 Å². The van der Waals surface area contributed by atoms with E-state index in [4.69, 9.17) is 5.11 Å². The van der Waals surface area contributed by atoms with Crippen molar-refractivity contribution in [3.8, 4) is 0 Å². The molecule has 1 unspecified atom stereocenters. The molecule has 1 heterocycles. The Bertz CT molecular complexity index is 270. The zero-order chi connectivity index (χ0) is 12.1. The van der Waals surface area contributed by atoms with Crippen LogP contribution in [0.2, 0.25) is 0 Å². The van der Waals surface area contributed by atoms with E-state index in [-0.39, 0.29) is 18.6 Å². The van der Waals surface area contributed by atoms with Gasteiger partial charge in [-0.1, -0.05) is 0 Å². The molecule has 1 atom stereocenters. The number of nitrogens with one attached hydrogen (secondary N) is 1. The van der Waals surface area contributed by atoms with Crippen molar-refractivity contribution in [2.24, 2.45) is 0 Å². The molecule has 0 aliphatic carbocycles. The molecule has 2 amide bonds. The third-order valence-electron chi connectivity index (χ3n) is 2.71. The number of nitrogens with zero attached hydrogens (tertiary/aromatic N) is 2. The number of amides is 2. The van der Waals surface area contributed by atoms with Gasteiger partial charge in [0.1, 0.15) is 6.54 Å². The number of urea groups is 1. The van der Waals surface area contributed by atoms with Crippen molar-refractivity contribution in [2.75, 3.05) is 33.2 Å². The summed E-state index contributed by atoms with van der Waals surface area (Å²) in [6.07, 6.45) is 0.923. The number of hydrogen-bond acceptors (Lipinski definition) is 3. The summed E-state index contributed by atoms with van der Waals surface area (Å²) in [6, 6.07) is -0.148. The molecular weight excluding hydrogens is 210 g/mol. The van der Waals surface area contributed by atoms with Gasteiger partial charge >= 0.3 is 12.0 Å². The Hall–Kier alpha value is -1.30. The second-order valence-electron chi connectivity index (χ2n) is 4.11. The fraction of sp³-hybridized carbons (Fsp3) is 0.800. The van der Waals surface area contributed by atoms with Crippen LogP contribution in [0, 0.1) is 0 Å². The van der Waals surface area contributed by atoms with Crippen molar-refractivity contribution in [2.45, 2.75) is 19.4 Å². The first-order valence-corrected chi connectivity index (χ1v) is 5.48. The Kier molecular flexibility index (Phi) is 4.54. The van der Waals surface area contributed by atoms with E-state index in [1.54, 1.807) is 6.92 Å². The van der Waals surface area contributed by atoms with Gasteiger partial charge in [-0.15, -0.1) is 0 Å². The lowest BCUT2D eigenvalue weighted by molar-refractivity contribution is -0.137. The predicted molar refractivity (Wildman–Crippen MR) is 59.3 cm³/mol. The highest BCUT2D eigenvalue weighted by molar-refractivity contribution is 5.80. The van der Waals surface area contributed by atoms with Crippen LogP contribution >= 0.6 is 0 Å². The van der Waals surface area contributed by atoms with E-state index in [9.17, 15) is 9.59 Å². The van der Waals surface area contributed by atoms with E-state index in [0.717, 1.165) is 19.5 Å². The van der Waals surface area contributed by atoms with Crippen molar-refractivity contribution in [1.82, 2.24) is 15.1 Å². The SMILES string of the molecule is CCN(CC(=O)O)C(=O)NC1CCN(C)C1. The largest absolute Gasteiger partial charge is 0.480 e. The summed E-state index contributed by atoms with van der Waals surface area (Å²) in [6.45, 7) is 3.72. The molecule has 1 aliphatic heterocycles. The van der Waals surface area contributed by atoms with Crippen molar-refractivity contribution < 1.29 is 14.7 Å². The molecule has 0 aromatic heterocycles. The van der Waals surface area contributed by atoms with Crippen LogP contribution < -0.4 is 5.32 Å². The highest BCUT2D eigenvalue weighted by Crippen LogP contribution is 2.06. The predicted octanol–water partition coefficient (Wildman–Crippen LogP) is -0.193. The van der Waals surface area contributed by atoms with Gasteiger partial charge in [0.15, 0.2) is 0 Å². The molecular formula is C10H19N3O3. The van der Waals surface area contributed by atoms with Crippen LogP contribution in [-0.4, -0.2) is 66.2 Å². The molecule has 1 saturated heterocycles. The first kappa shape index (κ1) is 12.8. The number of aliphatic carboxylic acids is 1. The summed E-state index contributed by atoms with van der Waals surface area (Å²) >= 11 is 0. The first-order valence-electron chi connectivity index (χ1n) is 5.48. The summed E-state index contributed by atoms with van der Waals surface area (Å²) in [5.41, 5.74) is 0. The Morgan fingerprint density at radius 2 is 2.25 bits per heavy atom. The number of rotatable bonds is 4. The van der Waals surface area contributed by atoms with Crippen LogP contribution in [0.1, 0.15) is 13.3 Å². The highest BCUT2D eigenvalue weighted by Gasteiger charge is 2.23. The molecule has 0 saturated carbocycles. The number of hydrogen-bond donors (Lipinski definition) is 2. The minimum absolute atomic E-state index is 0.139. The molecule has 0 aromatic carbocycles. The average molecular weight is 229 g/mol. The second-order valence-corrected chi connectivity index (χ2v) is 4.11. The number of likely N-dealkylation sites (tertiary alicyclic amines) is 1. The Balaban J connectivity index is 2.40. The summed E-state index contributed by atoms with van der Waals surface area (Å²) in [5, 5.41) is 11.5. The number of carboxylic acids is 1. The number of likely N-dealkylation sites (N-methyl/N-ethyl adjacent to an activating group) is 2. The molecule has 0 aromatic rings. The zero-order valence-electron chi connectivity index (χ0n) is 9.77. The van der Waals surface area contributed by atoms with Crippen molar-refractivity contribution in [3.63, 3.8) is 0 Å². The third-order valence-corrected chi connectivity index (χ3v) is 2.71. The summed E-state index contributed by atoms with van der Waals surface area (Å²) < 4.78 is 0. The standard InChI is InChI=1S/C10H19N3O3/c1-3-13(7-9(14)15)10(16)11-8-4-5-12(2)6-8/h8H,3-7H2,1-2H3,(H,11,16)(H,14,15). The van der Waals surface area contributed by atoms with Crippen molar-refractivity contribution in [3.05, 3.63) is 0 Å². The summed E-state index contributed by atoms with van der Waals surface area (Å²) in [7, 11) is 2.00. The fourth-order valence-corrected chi connectivity index (χ4v) is 1.81. The molecule has 6 heteroatoms. The van der Waals surface area contributed by atoms with Crippen LogP contribution in [0.4, 0.5) is 4.79 Å².